The highest BCUT2D eigenvalue weighted by atomic mass is 16.1. The van der Waals surface area contributed by atoms with Crippen LogP contribution in [0.15, 0.2) is 4.79 Å². The number of aromatic nitrogens is 2. The maximum atomic E-state index is 11.5. The Morgan fingerprint density at radius 3 is 2.88 bits per heavy atom. The van der Waals surface area contributed by atoms with Crippen LogP contribution >= 0.6 is 0 Å². The van der Waals surface area contributed by atoms with Gasteiger partial charge in [-0.05, 0) is 25.8 Å². The fraction of sp³-hybridized carbons (Fsp3) is 0.636. The van der Waals surface area contributed by atoms with E-state index in [2.05, 4.69) is 20.2 Å². The zero-order chi connectivity index (χ0) is 11.0. The summed E-state index contributed by atoms with van der Waals surface area (Å²) in [4.78, 5) is 20.7. The Balaban J connectivity index is 2.08. The molecular formula is C11H16N4O. The Hall–Kier alpha value is -1.36. The van der Waals surface area contributed by atoms with E-state index in [1.165, 1.54) is 18.4 Å². The number of rotatable bonds is 1. The number of nitrogens with zero attached hydrogens (tertiary/aromatic N) is 2. The summed E-state index contributed by atoms with van der Waals surface area (Å²) in [7, 11) is 0. The van der Waals surface area contributed by atoms with Crippen molar-refractivity contribution in [2.24, 2.45) is 0 Å². The number of nitrogens with one attached hydrogen (secondary N) is 2. The molecule has 2 N–H and O–H groups in total. The van der Waals surface area contributed by atoms with E-state index >= 15 is 0 Å². The van der Waals surface area contributed by atoms with E-state index in [0.29, 0.717) is 0 Å². The van der Waals surface area contributed by atoms with Crippen LogP contribution in [0.25, 0.3) is 0 Å². The summed E-state index contributed by atoms with van der Waals surface area (Å²) in [6.07, 6.45) is 3.38. The van der Waals surface area contributed by atoms with Crippen LogP contribution < -0.4 is 15.9 Å². The van der Waals surface area contributed by atoms with E-state index in [1.807, 2.05) is 0 Å². The Bertz CT molecular complexity index is 448. The Labute approximate surface area is 93.9 Å². The van der Waals surface area contributed by atoms with Gasteiger partial charge < -0.3 is 15.2 Å². The second-order valence-electron chi connectivity index (χ2n) is 4.44. The summed E-state index contributed by atoms with van der Waals surface area (Å²) in [6, 6.07) is 0. The van der Waals surface area contributed by atoms with Crippen molar-refractivity contribution in [1.29, 1.82) is 0 Å². The number of fused-ring (bicyclic) bond motifs is 1. The van der Waals surface area contributed by atoms with Crippen LogP contribution in [0.3, 0.4) is 0 Å². The van der Waals surface area contributed by atoms with Crippen molar-refractivity contribution in [3.63, 3.8) is 0 Å². The van der Waals surface area contributed by atoms with E-state index in [0.717, 1.165) is 44.1 Å². The Morgan fingerprint density at radius 1 is 1.25 bits per heavy atom. The van der Waals surface area contributed by atoms with Crippen LogP contribution in [-0.2, 0) is 13.0 Å². The van der Waals surface area contributed by atoms with Crippen LogP contribution in [0.5, 0.6) is 0 Å². The van der Waals surface area contributed by atoms with Crippen LogP contribution in [0.2, 0.25) is 0 Å². The zero-order valence-electron chi connectivity index (χ0n) is 9.25. The van der Waals surface area contributed by atoms with Crippen molar-refractivity contribution in [2.75, 3.05) is 24.5 Å². The highest BCUT2D eigenvalue weighted by Gasteiger charge is 2.22. The van der Waals surface area contributed by atoms with E-state index in [9.17, 15) is 4.79 Å². The predicted octanol–water partition coefficient (Wildman–Crippen LogP) is 0.0158. The molecule has 0 bridgehead atoms. The quantitative estimate of drug-likeness (QED) is 0.700. The van der Waals surface area contributed by atoms with E-state index in [1.54, 1.807) is 0 Å². The van der Waals surface area contributed by atoms with Gasteiger partial charge in [0.2, 0.25) is 0 Å². The largest absolute Gasteiger partial charge is 0.356 e. The van der Waals surface area contributed by atoms with Gasteiger partial charge in [-0.15, -0.1) is 0 Å². The molecule has 0 unspecified atom stereocenters. The lowest BCUT2D eigenvalue weighted by molar-refractivity contribution is 0.617. The number of hydrogen-bond acceptors (Lipinski definition) is 4. The molecule has 5 heteroatoms. The van der Waals surface area contributed by atoms with Gasteiger partial charge in [-0.2, -0.15) is 4.98 Å². The molecule has 3 rings (SSSR count). The first-order valence-electron chi connectivity index (χ1n) is 5.92. The Kier molecular flexibility index (Phi) is 2.40. The van der Waals surface area contributed by atoms with Crippen LogP contribution in [0.4, 0.5) is 5.82 Å². The standard InChI is InChI=1S/C11H16N4O/c16-11-13-9-7-12-4-3-8(9)10(14-11)15-5-1-2-6-15/h12H,1-7H2,(H,13,14,16). The average Bonchev–Trinajstić information content (AvgIpc) is 2.81. The summed E-state index contributed by atoms with van der Waals surface area (Å²) in [5.41, 5.74) is 2.04. The topological polar surface area (TPSA) is 61.0 Å². The molecule has 16 heavy (non-hydrogen) atoms. The van der Waals surface area contributed by atoms with E-state index in [-0.39, 0.29) is 5.69 Å². The lowest BCUT2D eigenvalue weighted by atomic mass is 10.1. The summed E-state index contributed by atoms with van der Waals surface area (Å²) in [6.45, 7) is 3.81. The van der Waals surface area contributed by atoms with Gasteiger partial charge in [0.25, 0.3) is 0 Å². The molecule has 1 aromatic rings. The smallest absolute Gasteiger partial charge is 0.347 e. The van der Waals surface area contributed by atoms with Crippen molar-refractivity contribution in [1.82, 2.24) is 15.3 Å². The van der Waals surface area contributed by atoms with Gasteiger partial charge >= 0.3 is 5.69 Å². The summed E-state index contributed by atoms with van der Waals surface area (Å²) in [5.74, 6) is 0.928. The molecule has 0 spiro atoms. The van der Waals surface area contributed by atoms with Gasteiger partial charge in [-0.25, -0.2) is 4.79 Å². The Morgan fingerprint density at radius 2 is 2.06 bits per heavy atom. The van der Waals surface area contributed by atoms with Gasteiger partial charge in [-0.3, -0.25) is 0 Å². The first-order valence-corrected chi connectivity index (χ1v) is 5.92. The molecule has 1 aromatic heterocycles. The SMILES string of the molecule is O=c1nc(N2CCCC2)c2c([nH]1)CNCC2. The van der Waals surface area contributed by atoms with Crippen molar-refractivity contribution < 1.29 is 0 Å². The fourth-order valence-electron chi connectivity index (χ4n) is 2.56. The minimum atomic E-state index is -0.218. The lowest BCUT2D eigenvalue weighted by Gasteiger charge is -2.24. The van der Waals surface area contributed by atoms with Gasteiger partial charge in [-0.1, -0.05) is 0 Å². The minimum absolute atomic E-state index is 0.218. The average molecular weight is 220 g/mol. The maximum Gasteiger partial charge on any atom is 0.347 e. The summed E-state index contributed by atoms with van der Waals surface area (Å²) >= 11 is 0. The molecule has 0 aromatic carbocycles. The summed E-state index contributed by atoms with van der Waals surface area (Å²) in [5, 5.41) is 3.27. The molecule has 86 valence electrons. The number of aromatic amines is 1. The molecule has 0 amide bonds. The molecule has 5 nitrogen and oxygen atoms in total. The monoisotopic (exact) mass is 220 g/mol. The third-order valence-corrected chi connectivity index (χ3v) is 3.36. The molecule has 0 saturated carbocycles. The van der Waals surface area contributed by atoms with Gasteiger partial charge in [0.1, 0.15) is 5.82 Å². The zero-order valence-corrected chi connectivity index (χ0v) is 9.25. The molecular weight excluding hydrogens is 204 g/mol. The highest BCUT2D eigenvalue weighted by molar-refractivity contribution is 5.50. The first kappa shape index (κ1) is 9.84. The second kappa shape index (κ2) is 3.90. The molecule has 2 aliphatic rings. The molecule has 0 aliphatic carbocycles. The molecule has 0 radical (unpaired) electrons. The third kappa shape index (κ3) is 1.61. The molecule has 2 aliphatic heterocycles. The summed E-state index contributed by atoms with van der Waals surface area (Å²) < 4.78 is 0. The highest BCUT2D eigenvalue weighted by Crippen LogP contribution is 2.24. The van der Waals surface area contributed by atoms with Crippen LogP contribution in [0.1, 0.15) is 24.1 Å². The third-order valence-electron chi connectivity index (χ3n) is 3.36. The lowest BCUT2D eigenvalue weighted by Crippen LogP contribution is -2.33. The fourth-order valence-corrected chi connectivity index (χ4v) is 2.56. The molecule has 1 fully saturated rings. The van der Waals surface area contributed by atoms with Gasteiger partial charge in [0.05, 0.1) is 0 Å². The van der Waals surface area contributed by atoms with Gasteiger partial charge in [0, 0.05) is 30.9 Å². The van der Waals surface area contributed by atoms with Crippen molar-refractivity contribution in [3.8, 4) is 0 Å². The molecule has 3 heterocycles. The molecule has 1 saturated heterocycles. The van der Waals surface area contributed by atoms with E-state index in [4.69, 9.17) is 0 Å². The number of anilines is 1. The van der Waals surface area contributed by atoms with Crippen LogP contribution in [-0.4, -0.2) is 29.6 Å². The van der Waals surface area contributed by atoms with Crippen LogP contribution in [0, 0.1) is 0 Å². The van der Waals surface area contributed by atoms with Crippen molar-refractivity contribution in [2.45, 2.75) is 25.8 Å². The normalized spacial score (nSPS) is 19.9. The second-order valence-corrected chi connectivity index (χ2v) is 4.44. The van der Waals surface area contributed by atoms with Crippen molar-refractivity contribution >= 4 is 5.82 Å². The first-order chi connectivity index (χ1) is 7.84. The van der Waals surface area contributed by atoms with E-state index < -0.39 is 0 Å². The molecule has 0 atom stereocenters. The van der Waals surface area contributed by atoms with Gasteiger partial charge in [0.15, 0.2) is 0 Å². The predicted molar refractivity (Wildman–Crippen MR) is 61.7 cm³/mol. The van der Waals surface area contributed by atoms with Crippen molar-refractivity contribution in [3.05, 3.63) is 21.7 Å². The number of hydrogen-bond donors (Lipinski definition) is 2. The number of H-pyrrole nitrogens is 1. The maximum absolute atomic E-state index is 11.5. The minimum Gasteiger partial charge on any atom is -0.356 e.